The lowest BCUT2D eigenvalue weighted by Crippen LogP contribution is -2.48. The molecule has 2 heterocycles. The molecule has 0 radical (unpaired) electrons. The van der Waals surface area contributed by atoms with E-state index in [0.29, 0.717) is 5.95 Å². The molecule has 0 bridgehead atoms. The second-order valence-electron chi connectivity index (χ2n) is 5.89. The number of piperazine rings is 1. The van der Waals surface area contributed by atoms with E-state index in [1.54, 1.807) is 0 Å². The third-order valence-corrected chi connectivity index (χ3v) is 4.11. The Morgan fingerprint density at radius 1 is 1.17 bits per heavy atom. The zero-order chi connectivity index (χ0) is 16.9. The maximum Gasteiger partial charge on any atom is 0.231 e. The molecule has 128 valence electrons. The Morgan fingerprint density at radius 2 is 1.88 bits per heavy atom. The molecule has 1 aromatic carbocycles. The molecule has 0 saturated carbocycles. The van der Waals surface area contributed by atoms with Crippen molar-refractivity contribution in [1.29, 1.82) is 0 Å². The number of aliphatic hydroxyl groups is 1. The lowest BCUT2D eigenvalue weighted by molar-refractivity contribution is 0.123. The number of hydrogen-bond acceptors (Lipinski definition) is 7. The molecule has 7 nitrogen and oxygen atoms in total. The van der Waals surface area contributed by atoms with Crippen LogP contribution in [0.3, 0.4) is 0 Å². The van der Waals surface area contributed by atoms with Crippen LogP contribution in [0.25, 0.3) is 0 Å². The normalized spacial score (nSPS) is 16.9. The maximum atomic E-state index is 9.47. The van der Waals surface area contributed by atoms with Crippen LogP contribution in [0.5, 0.6) is 0 Å². The largest absolute Gasteiger partial charge is 0.392 e. The predicted molar refractivity (Wildman–Crippen MR) is 94.9 cm³/mol. The number of rotatable bonds is 5. The minimum absolute atomic E-state index is 0.166. The van der Waals surface area contributed by atoms with Gasteiger partial charge in [0.2, 0.25) is 11.2 Å². The SMILES string of the molecule is CC(O)CN1CCN(c2ccc(Nc3ncnc(Cl)n3)cc2)CC1. The molecule has 0 aliphatic carbocycles. The first kappa shape index (κ1) is 16.9. The molecule has 1 atom stereocenters. The van der Waals surface area contributed by atoms with Crippen LogP contribution in [0.15, 0.2) is 30.6 Å². The minimum atomic E-state index is -0.272. The molecule has 1 aliphatic rings. The molecule has 1 saturated heterocycles. The van der Waals surface area contributed by atoms with Crippen molar-refractivity contribution in [2.45, 2.75) is 13.0 Å². The highest BCUT2D eigenvalue weighted by atomic mass is 35.5. The van der Waals surface area contributed by atoms with E-state index >= 15 is 0 Å². The Balaban J connectivity index is 1.57. The molecule has 1 aliphatic heterocycles. The van der Waals surface area contributed by atoms with E-state index in [9.17, 15) is 5.11 Å². The Morgan fingerprint density at radius 3 is 2.50 bits per heavy atom. The number of benzene rings is 1. The molecule has 1 unspecified atom stereocenters. The highest BCUT2D eigenvalue weighted by Gasteiger charge is 2.18. The van der Waals surface area contributed by atoms with Crippen molar-refractivity contribution in [2.24, 2.45) is 0 Å². The maximum absolute atomic E-state index is 9.47. The van der Waals surface area contributed by atoms with Crippen LogP contribution in [0.1, 0.15) is 6.92 Å². The van der Waals surface area contributed by atoms with Gasteiger partial charge in [0.15, 0.2) is 0 Å². The Bertz CT molecular complexity index is 658. The van der Waals surface area contributed by atoms with Gasteiger partial charge in [-0.1, -0.05) is 0 Å². The molecule has 2 aromatic rings. The van der Waals surface area contributed by atoms with Gasteiger partial charge in [-0.05, 0) is 42.8 Å². The van der Waals surface area contributed by atoms with Crippen molar-refractivity contribution in [3.63, 3.8) is 0 Å². The van der Waals surface area contributed by atoms with Gasteiger partial charge in [-0.3, -0.25) is 4.90 Å². The second-order valence-corrected chi connectivity index (χ2v) is 6.22. The topological polar surface area (TPSA) is 77.4 Å². The van der Waals surface area contributed by atoms with Crippen molar-refractivity contribution >= 4 is 28.9 Å². The summed E-state index contributed by atoms with van der Waals surface area (Å²) in [5.41, 5.74) is 2.08. The van der Waals surface area contributed by atoms with Gasteiger partial charge in [0.1, 0.15) is 6.33 Å². The van der Waals surface area contributed by atoms with Crippen LogP contribution in [-0.2, 0) is 0 Å². The number of halogens is 1. The first-order valence-electron chi connectivity index (χ1n) is 7.97. The summed E-state index contributed by atoms with van der Waals surface area (Å²) < 4.78 is 0. The molecular weight excluding hydrogens is 328 g/mol. The van der Waals surface area contributed by atoms with E-state index in [0.717, 1.165) is 38.4 Å². The molecule has 2 N–H and O–H groups in total. The molecular formula is C16H21ClN6O. The van der Waals surface area contributed by atoms with Gasteiger partial charge in [-0.2, -0.15) is 4.98 Å². The number of aliphatic hydroxyl groups excluding tert-OH is 1. The molecule has 1 fully saturated rings. The Labute approximate surface area is 146 Å². The summed E-state index contributed by atoms with van der Waals surface area (Å²) in [6.07, 6.45) is 1.10. The lowest BCUT2D eigenvalue weighted by atomic mass is 10.2. The van der Waals surface area contributed by atoms with Crippen molar-refractivity contribution in [1.82, 2.24) is 19.9 Å². The molecule has 0 spiro atoms. The first-order chi connectivity index (χ1) is 11.6. The lowest BCUT2D eigenvalue weighted by Gasteiger charge is -2.36. The van der Waals surface area contributed by atoms with Gasteiger partial charge < -0.3 is 15.3 Å². The molecule has 0 amide bonds. The predicted octanol–water partition coefficient (Wildman–Crippen LogP) is 1.77. The number of hydrogen-bond donors (Lipinski definition) is 2. The minimum Gasteiger partial charge on any atom is -0.392 e. The van der Waals surface area contributed by atoms with E-state index in [1.807, 2.05) is 19.1 Å². The molecule has 24 heavy (non-hydrogen) atoms. The van der Waals surface area contributed by atoms with Crippen LogP contribution in [0.2, 0.25) is 5.28 Å². The zero-order valence-corrected chi connectivity index (χ0v) is 14.3. The first-order valence-corrected chi connectivity index (χ1v) is 8.35. The smallest absolute Gasteiger partial charge is 0.231 e. The fourth-order valence-electron chi connectivity index (χ4n) is 2.78. The number of β-amino-alcohol motifs (C(OH)–C–C–N with tert-alkyl or cyclic N) is 1. The number of nitrogens with zero attached hydrogens (tertiary/aromatic N) is 5. The van der Waals surface area contributed by atoms with Gasteiger partial charge in [-0.25, -0.2) is 9.97 Å². The highest BCUT2D eigenvalue weighted by molar-refractivity contribution is 6.28. The van der Waals surface area contributed by atoms with Gasteiger partial charge >= 0.3 is 0 Å². The van der Waals surface area contributed by atoms with Gasteiger partial charge in [0.05, 0.1) is 6.10 Å². The summed E-state index contributed by atoms with van der Waals surface area (Å²) in [6.45, 7) is 6.43. The third kappa shape index (κ3) is 4.53. The third-order valence-electron chi connectivity index (χ3n) is 3.93. The quantitative estimate of drug-likeness (QED) is 0.852. The Hall–Kier alpha value is -1.96. The molecule has 3 rings (SSSR count). The van der Waals surface area contributed by atoms with Crippen molar-refractivity contribution in [2.75, 3.05) is 42.9 Å². The van der Waals surface area contributed by atoms with Crippen molar-refractivity contribution < 1.29 is 5.11 Å². The summed E-state index contributed by atoms with van der Waals surface area (Å²) in [5, 5.41) is 12.7. The van der Waals surface area contributed by atoms with Crippen molar-refractivity contribution in [3.8, 4) is 0 Å². The van der Waals surface area contributed by atoms with E-state index in [-0.39, 0.29) is 11.4 Å². The van der Waals surface area contributed by atoms with Gasteiger partial charge in [-0.15, -0.1) is 0 Å². The van der Waals surface area contributed by atoms with Crippen LogP contribution < -0.4 is 10.2 Å². The van der Waals surface area contributed by atoms with Gasteiger partial charge in [0, 0.05) is 44.1 Å². The summed E-state index contributed by atoms with van der Waals surface area (Å²) in [5.74, 6) is 0.425. The van der Waals surface area contributed by atoms with E-state index in [1.165, 1.54) is 12.0 Å². The number of aromatic nitrogens is 3. The zero-order valence-electron chi connectivity index (χ0n) is 13.6. The standard InChI is InChI=1S/C16H21ClN6O/c1-12(24)10-22-6-8-23(9-7-22)14-4-2-13(3-5-14)20-16-19-11-18-15(17)21-16/h2-5,11-12,24H,6-10H2,1H3,(H,18,19,20,21). The highest BCUT2D eigenvalue weighted by Crippen LogP contribution is 2.21. The summed E-state index contributed by atoms with van der Waals surface area (Å²) in [6, 6.07) is 8.15. The number of anilines is 3. The fraction of sp³-hybridized carbons (Fsp3) is 0.438. The monoisotopic (exact) mass is 348 g/mol. The van der Waals surface area contributed by atoms with Crippen LogP contribution in [0, 0.1) is 0 Å². The van der Waals surface area contributed by atoms with Crippen LogP contribution in [0.4, 0.5) is 17.3 Å². The Kier molecular flexibility index (Phi) is 5.44. The van der Waals surface area contributed by atoms with Crippen LogP contribution >= 0.6 is 11.6 Å². The molecule has 8 heteroatoms. The van der Waals surface area contributed by atoms with Crippen molar-refractivity contribution in [3.05, 3.63) is 35.9 Å². The van der Waals surface area contributed by atoms with Gasteiger partial charge in [0.25, 0.3) is 0 Å². The molecule has 1 aromatic heterocycles. The average molecular weight is 349 g/mol. The van der Waals surface area contributed by atoms with E-state index in [4.69, 9.17) is 11.6 Å². The summed E-state index contributed by atoms with van der Waals surface area (Å²) in [7, 11) is 0. The fourth-order valence-corrected chi connectivity index (χ4v) is 2.91. The summed E-state index contributed by atoms with van der Waals surface area (Å²) in [4.78, 5) is 16.4. The van der Waals surface area contributed by atoms with E-state index < -0.39 is 0 Å². The number of nitrogens with one attached hydrogen (secondary N) is 1. The summed E-state index contributed by atoms with van der Waals surface area (Å²) >= 11 is 5.75. The van der Waals surface area contributed by atoms with E-state index in [2.05, 4.69) is 42.2 Å². The average Bonchev–Trinajstić information content (AvgIpc) is 2.56. The van der Waals surface area contributed by atoms with Crippen LogP contribution in [-0.4, -0.2) is 63.8 Å². The second kappa shape index (κ2) is 7.74.